The summed E-state index contributed by atoms with van der Waals surface area (Å²) in [7, 11) is 7.96. The van der Waals surface area contributed by atoms with E-state index < -0.39 is 0 Å². The van der Waals surface area contributed by atoms with E-state index in [0.717, 1.165) is 24.2 Å². The van der Waals surface area contributed by atoms with Crippen LogP contribution in [0.1, 0.15) is 23.6 Å². The van der Waals surface area contributed by atoms with Crippen LogP contribution in [0.25, 0.3) is 0 Å². The van der Waals surface area contributed by atoms with Gasteiger partial charge in [0.15, 0.2) is 23.0 Å². The molecule has 1 aliphatic heterocycles. The molecule has 9 heteroatoms. The second kappa shape index (κ2) is 13.1. The molecule has 1 saturated heterocycles. The molecule has 1 N–H and O–H groups in total. The summed E-state index contributed by atoms with van der Waals surface area (Å²) < 4.78 is 32.6. The van der Waals surface area contributed by atoms with Crippen molar-refractivity contribution in [3.63, 3.8) is 0 Å². The van der Waals surface area contributed by atoms with Gasteiger partial charge in [0.1, 0.15) is 0 Å². The molecular formula is C26H36N2O7. The van der Waals surface area contributed by atoms with Crippen molar-refractivity contribution in [3.8, 4) is 28.7 Å². The Morgan fingerprint density at radius 2 is 1.51 bits per heavy atom. The third-order valence-corrected chi connectivity index (χ3v) is 6.14. The molecule has 0 saturated carbocycles. The Kier molecular flexibility index (Phi) is 9.86. The van der Waals surface area contributed by atoms with Gasteiger partial charge in [-0.3, -0.25) is 9.69 Å². The molecule has 1 fully saturated rings. The standard InChI is InChI=1S/C26H36N2O7/c1-30-21-8-7-19(16-22(21)31-2)20(28-10-12-35-13-11-28)17-27-25(29)9-6-18-14-23(32-3)26(34-5)24(15-18)33-4/h7-8,14-16,20H,6,9-13,17H2,1-5H3,(H,27,29). The quantitative estimate of drug-likeness (QED) is 0.488. The number of rotatable bonds is 12. The number of hydrogen-bond acceptors (Lipinski definition) is 8. The van der Waals surface area contributed by atoms with E-state index in [1.54, 1.807) is 35.5 Å². The first-order valence-corrected chi connectivity index (χ1v) is 11.6. The van der Waals surface area contributed by atoms with Crippen molar-refractivity contribution in [2.75, 3.05) is 68.4 Å². The van der Waals surface area contributed by atoms with Crippen LogP contribution in [-0.2, 0) is 16.0 Å². The fourth-order valence-corrected chi connectivity index (χ4v) is 4.24. The van der Waals surface area contributed by atoms with E-state index in [2.05, 4.69) is 10.2 Å². The van der Waals surface area contributed by atoms with Crippen molar-refractivity contribution >= 4 is 5.91 Å². The molecule has 0 aromatic heterocycles. The van der Waals surface area contributed by atoms with E-state index >= 15 is 0 Å². The lowest BCUT2D eigenvalue weighted by molar-refractivity contribution is -0.121. The van der Waals surface area contributed by atoms with Gasteiger partial charge in [-0.2, -0.15) is 0 Å². The molecule has 192 valence electrons. The van der Waals surface area contributed by atoms with Crippen LogP contribution >= 0.6 is 0 Å². The van der Waals surface area contributed by atoms with Gasteiger partial charge in [-0.05, 0) is 41.8 Å². The maximum Gasteiger partial charge on any atom is 0.220 e. The number of methoxy groups -OCH3 is 5. The van der Waals surface area contributed by atoms with Gasteiger partial charge >= 0.3 is 0 Å². The van der Waals surface area contributed by atoms with Gasteiger partial charge < -0.3 is 33.7 Å². The minimum absolute atomic E-state index is 0.0103. The third kappa shape index (κ3) is 6.70. The zero-order valence-electron chi connectivity index (χ0n) is 21.2. The monoisotopic (exact) mass is 488 g/mol. The molecule has 1 atom stereocenters. The molecule has 1 amide bonds. The van der Waals surface area contributed by atoms with Crippen molar-refractivity contribution < 1.29 is 33.2 Å². The molecule has 9 nitrogen and oxygen atoms in total. The largest absolute Gasteiger partial charge is 0.493 e. The summed E-state index contributed by atoms with van der Waals surface area (Å²) in [5.74, 6) is 2.98. The lowest BCUT2D eigenvalue weighted by atomic mass is 10.0. The highest BCUT2D eigenvalue weighted by Crippen LogP contribution is 2.38. The first-order valence-electron chi connectivity index (χ1n) is 11.6. The lowest BCUT2D eigenvalue weighted by Gasteiger charge is -2.35. The Labute approximate surface area is 207 Å². The second-order valence-corrected chi connectivity index (χ2v) is 8.12. The van der Waals surface area contributed by atoms with E-state index in [4.69, 9.17) is 28.4 Å². The van der Waals surface area contributed by atoms with Crippen molar-refractivity contribution in [1.29, 1.82) is 0 Å². The first-order chi connectivity index (χ1) is 17.0. The number of aryl methyl sites for hydroxylation is 1. The van der Waals surface area contributed by atoms with Crippen LogP contribution in [0.5, 0.6) is 28.7 Å². The molecule has 3 rings (SSSR count). The topological polar surface area (TPSA) is 87.7 Å². The molecule has 0 spiro atoms. The van der Waals surface area contributed by atoms with Gasteiger partial charge in [0.2, 0.25) is 11.7 Å². The molecule has 1 heterocycles. The Morgan fingerprint density at radius 1 is 0.886 bits per heavy atom. The average molecular weight is 489 g/mol. The van der Waals surface area contributed by atoms with Crippen LogP contribution in [0.3, 0.4) is 0 Å². The van der Waals surface area contributed by atoms with E-state index in [0.29, 0.717) is 61.3 Å². The Bertz CT molecular complexity index is 951. The fraction of sp³-hybridized carbons (Fsp3) is 0.500. The lowest BCUT2D eigenvalue weighted by Crippen LogP contribution is -2.43. The summed E-state index contributed by atoms with van der Waals surface area (Å²) in [6, 6.07) is 9.62. The van der Waals surface area contributed by atoms with Gasteiger partial charge in [0, 0.05) is 26.1 Å². The van der Waals surface area contributed by atoms with Crippen molar-refractivity contribution in [3.05, 3.63) is 41.5 Å². The van der Waals surface area contributed by atoms with Gasteiger partial charge in [0.05, 0.1) is 54.8 Å². The number of nitrogens with zero attached hydrogens (tertiary/aromatic N) is 1. The average Bonchev–Trinajstić information content (AvgIpc) is 2.91. The van der Waals surface area contributed by atoms with Gasteiger partial charge in [-0.25, -0.2) is 0 Å². The van der Waals surface area contributed by atoms with E-state index in [-0.39, 0.29) is 11.9 Å². The fourth-order valence-electron chi connectivity index (χ4n) is 4.24. The number of hydrogen-bond donors (Lipinski definition) is 1. The smallest absolute Gasteiger partial charge is 0.220 e. The number of carbonyl (C=O) groups is 1. The highest BCUT2D eigenvalue weighted by molar-refractivity contribution is 5.76. The normalized spacial score (nSPS) is 14.7. The second-order valence-electron chi connectivity index (χ2n) is 8.12. The molecule has 0 bridgehead atoms. The molecule has 2 aromatic carbocycles. The van der Waals surface area contributed by atoms with Crippen LogP contribution in [0, 0.1) is 0 Å². The van der Waals surface area contributed by atoms with E-state index in [9.17, 15) is 4.79 Å². The summed E-state index contributed by atoms with van der Waals surface area (Å²) in [5.41, 5.74) is 1.98. The molecule has 35 heavy (non-hydrogen) atoms. The predicted octanol–water partition coefficient (Wildman–Crippen LogP) is 2.85. The molecule has 1 unspecified atom stereocenters. The van der Waals surface area contributed by atoms with Crippen LogP contribution in [0.2, 0.25) is 0 Å². The van der Waals surface area contributed by atoms with Gasteiger partial charge in [-0.1, -0.05) is 6.07 Å². The van der Waals surface area contributed by atoms with Crippen molar-refractivity contribution in [2.45, 2.75) is 18.9 Å². The van der Waals surface area contributed by atoms with E-state index in [1.807, 2.05) is 30.3 Å². The molecule has 2 aromatic rings. The van der Waals surface area contributed by atoms with Crippen molar-refractivity contribution in [2.24, 2.45) is 0 Å². The highest BCUT2D eigenvalue weighted by atomic mass is 16.5. The molecular weight excluding hydrogens is 452 g/mol. The number of morpholine rings is 1. The summed E-state index contributed by atoms with van der Waals surface area (Å²) in [4.78, 5) is 15.1. The molecule has 0 radical (unpaired) electrons. The predicted molar refractivity (Wildman–Crippen MR) is 132 cm³/mol. The zero-order valence-corrected chi connectivity index (χ0v) is 21.2. The van der Waals surface area contributed by atoms with Crippen LogP contribution in [0.15, 0.2) is 30.3 Å². The summed E-state index contributed by atoms with van der Waals surface area (Å²) >= 11 is 0. The van der Waals surface area contributed by atoms with Crippen LogP contribution in [0.4, 0.5) is 0 Å². The number of nitrogens with one attached hydrogen (secondary N) is 1. The summed E-state index contributed by atoms with van der Waals surface area (Å²) in [6.45, 7) is 3.39. The highest BCUT2D eigenvalue weighted by Gasteiger charge is 2.24. The number of benzene rings is 2. The first kappa shape index (κ1) is 26.4. The maximum atomic E-state index is 12.8. The zero-order chi connectivity index (χ0) is 25.2. The minimum atomic E-state index is -0.0301. The Balaban J connectivity index is 1.68. The molecule has 1 aliphatic rings. The third-order valence-electron chi connectivity index (χ3n) is 6.14. The number of carbonyl (C=O) groups excluding carboxylic acids is 1. The van der Waals surface area contributed by atoms with E-state index in [1.165, 1.54) is 0 Å². The summed E-state index contributed by atoms with van der Waals surface area (Å²) in [5, 5.41) is 3.11. The molecule has 0 aliphatic carbocycles. The Hall–Kier alpha value is -3.17. The van der Waals surface area contributed by atoms with Gasteiger partial charge in [0.25, 0.3) is 0 Å². The SMILES string of the molecule is COc1ccc(C(CNC(=O)CCc2cc(OC)c(OC)c(OC)c2)N2CCOCC2)cc1OC. The summed E-state index contributed by atoms with van der Waals surface area (Å²) in [6.07, 6.45) is 0.877. The van der Waals surface area contributed by atoms with Crippen molar-refractivity contribution in [1.82, 2.24) is 10.2 Å². The number of amides is 1. The Morgan fingerprint density at radius 3 is 2.09 bits per heavy atom. The van der Waals surface area contributed by atoms with Crippen LogP contribution < -0.4 is 29.0 Å². The van der Waals surface area contributed by atoms with Gasteiger partial charge in [-0.15, -0.1) is 0 Å². The number of ether oxygens (including phenoxy) is 6. The minimum Gasteiger partial charge on any atom is -0.493 e. The maximum absolute atomic E-state index is 12.8. The van der Waals surface area contributed by atoms with Crippen LogP contribution in [-0.4, -0.2) is 79.2 Å².